The highest BCUT2D eigenvalue weighted by atomic mass is 16.4. The molecule has 2 aliphatic heterocycles. The van der Waals surface area contributed by atoms with E-state index in [1.54, 1.807) is 9.80 Å². The van der Waals surface area contributed by atoms with E-state index in [1.165, 1.54) is 5.56 Å². The predicted octanol–water partition coefficient (Wildman–Crippen LogP) is 2.49. The van der Waals surface area contributed by atoms with Crippen molar-refractivity contribution in [3.63, 3.8) is 0 Å². The lowest BCUT2D eigenvalue weighted by atomic mass is 9.96. The Morgan fingerprint density at radius 3 is 2.42 bits per heavy atom. The van der Waals surface area contributed by atoms with Crippen LogP contribution in [-0.2, 0) is 14.4 Å². The minimum absolute atomic E-state index is 0.176. The van der Waals surface area contributed by atoms with Gasteiger partial charge in [0.25, 0.3) is 0 Å². The van der Waals surface area contributed by atoms with Gasteiger partial charge in [0, 0.05) is 25.3 Å². The van der Waals surface area contributed by atoms with Crippen LogP contribution >= 0.6 is 0 Å². The molecule has 2 atom stereocenters. The van der Waals surface area contributed by atoms with Gasteiger partial charge in [-0.25, -0.2) is 0 Å². The largest absolute Gasteiger partial charge is 0.481 e. The van der Waals surface area contributed by atoms with Crippen LogP contribution in [0.2, 0.25) is 0 Å². The Balaban J connectivity index is 1.68. The molecule has 0 aliphatic carbocycles. The smallest absolute Gasteiger partial charge is 0.308 e. The first-order valence-electron chi connectivity index (χ1n) is 9.31. The van der Waals surface area contributed by atoms with Crippen LogP contribution in [0.15, 0.2) is 24.3 Å². The Morgan fingerprint density at radius 1 is 1.12 bits per heavy atom. The molecule has 2 fully saturated rings. The summed E-state index contributed by atoms with van der Waals surface area (Å²) in [4.78, 5) is 40.0. The number of rotatable bonds is 4. The monoisotopic (exact) mass is 358 g/mol. The second-order valence-electron chi connectivity index (χ2n) is 7.54. The SMILES string of the molecule is CC(C)c1ccc(N2CCC(C(=O)N3CCC[C@H](C(=O)O)C3)C2=O)cc1. The van der Waals surface area contributed by atoms with Crippen molar-refractivity contribution in [3.8, 4) is 0 Å². The highest BCUT2D eigenvalue weighted by Gasteiger charge is 2.41. The quantitative estimate of drug-likeness (QED) is 0.839. The fraction of sp³-hybridized carbons (Fsp3) is 0.550. The van der Waals surface area contributed by atoms with Gasteiger partial charge in [0.05, 0.1) is 5.92 Å². The first-order valence-corrected chi connectivity index (χ1v) is 9.31. The second kappa shape index (κ2) is 7.48. The number of carbonyl (C=O) groups excluding carboxylic acids is 2. The van der Waals surface area contributed by atoms with Gasteiger partial charge in [0.2, 0.25) is 11.8 Å². The van der Waals surface area contributed by atoms with E-state index in [4.69, 9.17) is 0 Å². The third-order valence-corrected chi connectivity index (χ3v) is 5.46. The maximum Gasteiger partial charge on any atom is 0.308 e. The molecule has 0 radical (unpaired) electrons. The van der Waals surface area contributed by atoms with Crippen molar-refractivity contribution >= 4 is 23.5 Å². The molecule has 3 rings (SSSR count). The van der Waals surface area contributed by atoms with Crippen molar-refractivity contribution in [1.29, 1.82) is 0 Å². The first kappa shape index (κ1) is 18.4. The van der Waals surface area contributed by atoms with E-state index in [9.17, 15) is 19.5 Å². The summed E-state index contributed by atoms with van der Waals surface area (Å²) in [5, 5.41) is 9.19. The number of hydrogen-bond donors (Lipinski definition) is 1. The molecule has 6 heteroatoms. The minimum Gasteiger partial charge on any atom is -0.481 e. The molecule has 2 amide bonds. The zero-order valence-electron chi connectivity index (χ0n) is 15.4. The molecular weight excluding hydrogens is 332 g/mol. The van der Waals surface area contributed by atoms with Crippen molar-refractivity contribution in [3.05, 3.63) is 29.8 Å². The van der Waals surface area contributed by atoms with Crippen LogP contribution in [-0.4, -0.2) is 47.4 Å². The average Bonchev–Trinajstić information content (AvgIpc) is 3.02. The van der Waals surface area contributed by atoms with Gasteiger partial charge in [-0.15, -0.1) is 0 Å². The van der Waals surface area contributed by atoms with Crippen molar-refractivity contribution in [2.75, 3.05) is 24.5 Å². The van der Waals surface area contributed by atoms with Gasteiger partial charge in [-0.2, -0.15) is 0 Å². The summed E-state index contributed by atoms with van der Waals surface area (Å²) >= 11 is 0. The lowest BCUT2D eigenvalue weighted by Crippen LogP contribution is -2.46. The van der Waals surface area contributed by atoms with E-state index >= 15 is 0 Å². The van der Waals surface area contributed by atoms with Gasteiger partial charge in [-0.1, -0.05) is 26.0 Å². The van der Waals surface area contributed by atoms with Crippen molar-refractivity contribution < 1.29 is 19.5 Å². The second-order valence-corrected chi connectivity index (χ2v) is 7.54. The summed E-state index contributed by atoms with van der Waals surface area (Å²) in [5.41, 5.74) is 2.03. The summed E-state index contributed by atoms with van der Waals surface area (Å²) in [6.07, 6.45) is 1.74. The number of nitrogens with zero attached hydrogens (tertiary/aromatic N) is 2. The van der Waals surface area contributed by atoms with Crippen molar-refractivity contribution in [2.24, 2.45) is 11.8 Å². The van der Waals surface area contributed by atoms with Crippen LogP contribution in [0.5, 0.6) is 0 Å². The number of hydrogen-bond acceptors (Lipinski definition) is 3. The molecule has 1 N–H and O–H groups in total. The van der Waals surface area contributed by atoms with Gasteiger partial charge in [-0.3, -0.25) is 14.4 Å². The van der Waals surface area contributed by atoms with Crippen LogP contribution < -0.4 is 4.90 Å². The molecule has 0 spiro atoms. The van der Waals surface area contributed by atoms with Gasteiger partial charge >= 0.3 is 5.97 Å². The fourth-order valence-corrected chi connectivity index (χ4v) is 3.80. The Labute approximate surface area is 153 Å². The summed E-state index contributed by atoms with van der Waals surface area (Å²) < 4.78 is 0. The Kier molecular flexibility index (Phi) is 5.30. The number of carboxylic acids is 1. The number of carboxylic acid groups (broad SMARTS) is 1. The number of benzene rings is 1. The van der Waals surface area contributed by atoms with Crippen LogP contribution in [0.3, 0.4) is 0 Å². The molecule has 1 aromatic rings. The lowest BCUT2D eigenvalue weighted by Gasteiger charge is -2.32. The van der Waals surface area contributed by atoms with Gasteiger partial charge in [0.1, 0.15) is 5.92 Å². The van der Waals surface area contributed by atoms with Gasteiger partial charge < -0.3 is 14.9 Å². The molecule has 2 saturated heterocycles. The zero-order valence-corrected chi connectivity index (χ0v) is 15.4. The van der Waals surface area contributed by atoms with Gasteiger partial charge in [-0.05, 0) is 42.9 Å². The molecule has 6 nitrogen and oxygen atoms in total. The molecule has 1 unspecified atom stereocenters. The molecule has 2 heterocycles. The Hall–Kier alpha value is -2.37. The highest BCUT2D eigenvalue weighted by molar-refractivity contribution is 6.09. The number of likely N-dealkylation sites (tertiary alicyclic amines) is 1. The van der Waals surface area contributed by atoms with Crippen LogP contribution in [0.4, 0.5) is 5.69 Å². The minimum atomic E-state index is -0.868. The van der Waals surface area contributed by atoms with Crippen molar-refractivity contribution in [1.82, 2.24) is 4.90 Å². The predicted molar refractivity (Wildman–Crippen MR) is 97.9 cm³/mol. The first-order chi connectivity index (χ1) is 12.4. The summed E-state index contributed by atoms with van der Waals surface area (Å²) in [6, 6.07) is 7.90. The molecule has 140 valence electrons. The molecule has 1 aromatic carbocycles. The highest BCUT2D eigenvalue weighted by Crippen LogP contribution is 2.29. The lowest BCUT2D eigenvalue weighted by molar-refractivity contribution is -0.147. The summed E-state index contributed by atoms with van der Waals surface area (Å²) in [7, 11) is 0. The van der Waals surface area contributed by atoms with Crippen LogP contribution in [0.25, 0.3) is 0 Å². The molecule has 2 aliphatic rings. The van der Waals surface area contributed by atoms with E-state index in [-0.39, 0.29) is 18.4 Å². The maximum atomic E-state index is 12.8. The third-order valence-electron chi connectivity index (χ3n) is 5.46. The average molecular weight is 358 g/mol. The van der Waals surface area contributed by atoms with Crippen molar-refractivity contribution in [2.45, 2.75) is 39.0 Å². The number of anilines is 1. The molecule has 0 aromatic heterocycles. The maximum absolute atomic E-state index is 12.8. The Bertz CT molecular complexity index is 698. The molecule has 0 bridgehead atoms. The zero-order chi connectivity index (χ0) is 18.8. The fourth-order valence-electron chi connectivity index (χ4n) is 3.80. The molecular formula is C20H26N2O4. The van der Waals surface area contributed by atoms with Gasteiger partial charge in [0.15, 0.2) is 0 Å². The Morgan fingerprint density at radius 2 is 1.81 bits per heavy atom. The normalized spacial score (nSPS) is 23.6. The van der Waals surface area contributed by atoms with E-state index in [1.807, 2.05) is 24.3 Å². The third kappa shape index (κ3) is 3.59. The van der Waals surface area contributed by atoms with E-state index in [2.05, 4.69) is 13.8 Å². The number of piperidine rings is 1. The number of aliphatic carboxylic acids is 1. The number of amides is 2. The topological polar surface area (TPSA) is 77.9 Å². The standard InChI is InChI=1S/C20H26N2O4/c1-13(2)14-5-7-16(8-6-14)22-11-9-17(19(22)24)18(23)21-10-3-4-15(12-21)20(25)26/h5-8,13,15,17H,3-4,9-12H2,1-2H3,(H,25,26)/t15-,17?/m0/s1. The summed E-state index contributed by atoms with van der Waals surface area (Å²) in [5.74, 6) is -2.05. The van der Waals surface area contributed by atoms with Crippen LogP contribution in [0.1, 0.15) is 44.6 Å². The number of carbonyl (C=O) groups is 3. The van der Waals surface area contributed by atoms with E-state index < -0.39 is 17.8 Å². The molecule has 0 saturated carbocycles. The molecule has 26 heavy (non-hydrogen) atoms. The summed E-state index contributed by atoms with van der Waals surface area (Å²) in [6.45, 7) is 5.50. The van der Waals surface area contributed by atoms with E-state index in [0.717, 1.165) is 5.69 Å². The van der Waals surface area contributed by atoms with E-state index in [0.29, 0.717) is 38.3 Å². The van der Waals surface area contributed by atoms with Crippen LogP contribution in [0, 0.1) is 11.8 Å².